The van der Waals surface area contributed by atoms with Crippen molar-refractivity contribution in [3.05, 3.63) is 33.9 Å². The predicted molar refractivity (Wildman–Crippen MR) is 145 cm³/mol. The lowest BCUT2D eigenvalue weighted by Gasteiger charge is -2.24. The Morgan fingerprint density at radius 1 is 1.26 bits per heavy atom. The number of nitrogens with zero attached hydrogens (tertiary/aromatic N) is 3. The summed E-state index contributed by atoms with van der Waals surface area (Å²) in [6, 6.07) is 3.37. The van der Waals surface area contributed by atoms with Crippen LogP contribution in [0.4, 0.5) is 10.1 Å². The third kappa shape index (κ3) is 7.27. The van der Waals surface area contributed by atoms with E-state index < -0.39 is 17.2 Å². The van der Waals surface area contributed by atoms with E-state index >= 15 is 4.39 Å². The van der Waals surface area contributed by atoms with Crippen molar-refractivity contribution in [2.24, 2.45) is 5.92 Å². The lowest BCUT2D eigenvalue weighted by atomic mass is 10.0. The summed E-state index contributed by atoms with van der Waals surface area (Å²) in [5, 5.41) is 20.6. The monoisotopic (exact) mass is 524 g/mol. The fourth-order valence-corrected chi connectivity index (χ4v) is 4.26. The predicted octanol–water partition coefficient (Wildman–Crippen LogP) is 3.56. The Morgan fingerprint density at radius 3 is 2.34 bits per heavy atom. The number of hydrogen-bond acceptors (Lipinski definition) is 6. The summed E-state index contributed by atoms with van der Waals surface area (Å²) in [5.41, 5.74) is -0.323. The normalized spacial score (nSPS) is 15.3. The number of rotatable bonds is 6. The van der Waals surface area contributed by atoms with E-state index in [1.54, 1.807) is 11.6 Å². The number of benzene rings is 1. The molecule has 202 valence electrons. The maximum absolute atomic E-state index is 15.2. The molecule has 2 aliphatic rings. The highest BCUT2D eigenvalue weighted by Crippen LogP contribution is 2.44. The minimum absolute atomic E-state index is 0.00463. The number of halogens is 1. The van der Waals surface area contributed by atoms with Crippen molar-refractivity contribution < 1.29 is 23.8 Å². The molecule has 10 heteroatoms. The number of anilines is 1. The summed E-state index contributed by atoms with van der Waals surface area (Å²) in [5.74, 6) is -1.35. The second-order valence-corrected chi connectivity index (χ2v) is 8.56. The van der Waals surface area contributed by atoms with Gasteiger partial charge in [0.2, 0.25) is 11.3 Å². The quantitative estimate of drug-likeness (QED) is 0.554. The summed E-state index contributed by atoms with van der Waals surface area (Å²) < 4.78 is 22.5. The number of pyridine rings is 1. The molecule has 2 aromatic rings. The van der Waals surface area contributed by atoms with Gasteiger partial charge in [-0.25, -0.2) is 9.18 Å². The van der Waals surface area contributed by atoms with Crippen LogP contribution in [0.2, 0.25) is 0 Å². The van der Waals surface area contributed by atoms with E-state index in [2.05, 4.69) is 37.1 Å². The number of nitrogens with one attached hydrogen (secondary N) is 1. The molecule has 2 heterocycles. The van der Waals surface area contributed by atoms with Gasteiger partial charge in [-0.15, -0.1) is 25.7 Å². The number of carboxylic acid groups (broad SMARTS) is 1. The Kier molecular flexibility index (Phi) is 12.4. The molecular weight excluding hydrogens is 491 g/mol. The minimum Gasteiger partial charge on any atom is -0.492 e. The molecule has 0 bridgehead atoms. The minimum atomic E-state index is -1.32. The molecule has 4 rings (SSSR count). The Morgan fingerprint density at radius 2 is 1.87 bits per heavy atom. The zero-order valence-electron chi connectivity index (χ0n) is 21.9. The smallest absolute Gasteiger partial charge is 0.341 e. The van der Waals surface area contributed by atoms with Crippen molar-refractivity contribution in [1.82, 2.24) is 9.88 Å². The van der Waals surface area contributed by atoms with E-state index in [1.807, 2.05) is 4.90 Å². The second-order valence-electron chi connectivity index (χ2n) is 8.56. The molecule has 1 aliphatic carbocycles. The molecule has 1 aromatic heterocycles. The topological polar surface area (TPSA) is 125 Å². The Hall–Kier alpha value is -4.49. The molecule has 1 amide bonds. The third-order valence-corrected chi connectivity index (χ3v) is 6.19. The SMILES string of the molecule is C#C.C#C.CNC(C)=O.COc1c(N2CCC(CCC#N)C2)c(F)cc2c(=O)c(C(=O)O)cn(C3CC3)c12. The first-order chi connectivity index (χ1) is 18.2. The zero-order chi connectivity index (χ0) is 29.0. The van der Waals surface area contributed by atoms with Gasteiger partial charge in [-0.2, -0.15) is 5.26 Å². The molecule has 1 aliphatic heterocycles. The van der Waals surface area contributed by atoms with Gasteiger partial charge in [0.1, 0.15) is 11.3 Å². The van der Waals surface area contributed by atoms with Gasteiger partial charge in [0.05, 0.1) is 24.1 Å². The first-order valence-corrected chi connectivity index (χ1v) is 11.9. The molecule has 9 nitrogen and oxygen atoms in total. The van der Waals surface area contributed by atoms with E-state index in [4.69, 9.17) is 10.00 Å². The van der Waals surface area contributed by atoms with Gasteiger partial charge in [-0.05, 0) is 37.7 Å². The van der Waals surface area contributed by atoms with Crippen LogP contribution in [-0.2, 0) is 4.79 Å². The van der Waals surface area contributed by atoms with Crippen LogP contribution in [0, 0.1) is 48.8 Å². The Bertz CT molecular complexity index is 1280. The van der Waals surface area contributed by atoms with Crippen LogP contribution in [-0.4, -0.2) is 48.8 Å². The molecule has 38 heavy (non-hydrogen) atoms. The van der Waals surface area contributed by atoms with Gasteiger partial charge in [0.25, 0.3) is 0 Å². The van der Waals surface area contributed by atoms with Crippen LogP contribution in [0.5, 0.6) is 5.75 Å². The third-order valence-electron chi connectivity index (χ3n) is 6.19. The van der Waals surface area contributed by atoms with Gasteiger partial charge in [0.15, 0.2) is 11.6 Å². The number of fused-ring (bicyclic) bond motifs is 1. The molecule has 0 radical (unpaired) electrons. The molecule has 1 saturated heterocycles. The lowest BCUT2D eigenvalue weighted by Crippen LogP contribution is -2.24. The van der Waals surface area contributed by atoms with E-state index in [9.17, 15) is 19.5 Å². The number of aromatic carboxylic acids is 1. The molecule has 1 saturated carbocycles. The van der Waals surface area contributed by atoms with E-state index in [1.165, 1.54) is 20.2 Å². The summed E-state index contributed by atoms with van der Waals surface area (Å²) in [6.07, 6.45) is 21.2. The van der Waals surface area contributed by atoms with Gasteiger partial charge in [-0.1, -0.05) is 0 Å². The number of hydrogen-bond donors (Lipinski definition) is 2. The number of aromatic nitrogens is 1. The van der Waals surface area contributed by atoms with Crippen LogP contribution in [0.1, 0.15) is 55.4 Å². The van der Waals surface area contributed by atoms with E-state index in [-0.39, 0.29) is 28.6 Å². The number of carbonyl (C=O) groups excluding carboxylic acids is 1. The number of carbonyl (C=O) groups is 2. The van der Waals surface area contributed by atoms with E-state index in [0.29, 0.717) is 36.6 Å². The van der Waals surface area contributed by atoms with Crippen LogP contribution in [0.3, 0.4) is 0 Å². The lowest BCUT2D eigenvalue weighted by molar-refractivity contribution is -0.118. The summed E-state index contributed by atoms with van der Waals surface area (Å²) >= 11 is 0. The van der Waals surface area contributed by atoms with Crippen molar-refractivity contribution in [1.29, 1.82) is 5.26 Å². The van der Waals surface area contributed by atoms with Crippen LogP contribution in [0.15, 0.2) is 17.1 Å². The van der Waals surface area contributed by atoms with Gasteiger partial charge in [-0.3, -0.25) is 9.59 Å². The largest absolute Gasteiger partial charge is 0.492 e. The fraction of sp³-hybridized carbons (Fsp3) is 0.429. The molecular formula is C28H33FN4O5. The van der Waals surface area contributed by atoms with Crippen LogP contribution in [0.25, 0.3) is 10.9 Å². The number of methoxy groups -OCH3 is 1. The van der Waals surface area contributed by atoms with E-state index in [0.717, 1.165) is 31.7 Å². The Labute approximate surface area is 222 Å². The fourth-order valence-electron chi connectivity index (χ4n) is 4.26. The highest BCUT2D eigenvalue weighted by molar-refractivity contribution is 5.97. The maximum atomic E-state index is 15.2. The number of nitriles is 1. The number of ether oxygens (including phenoxy) is 1. The highest BCUT2D eigenvalue weighted by Gasteiger charge is 2.33. The van der Waals surface area contributed by atoms with Crippen molar-refractivity contribution in [3.8, 4) is 37.5 Å². The number of terminal acetylenes is 2. The maximum Gasteiger partial charge on any atom is 0.341 e. The number of amides is 1. The Balaban J connectivity index is 0.000000709. The van der Waals surface area contributed by atoms with Crippen molar-refractivity contribution in [2.75, 3.05) is 32.1 Å². The molecule has 2 N–H and O–H groups in total. The summed E-state index contributed by atoms with van der Waals surface area (Å²) in [6.45, 7) is 2.72. The molecule has 1 atom stereocenters. The first kappa shape index (κ1) is 31.5. The van der Waals surface area contributed by atoms with Crippen LogP contribution < -0.4 is 20.4 Å². The summed E-state index contributed by atoms with van der Waals surface area (Å²) in [4.78, 5) is 35.9. The van der Waals surface area contributed by atoms with Crippen molar-refractivity contribution in [2.45, 2.75) is 45.1 Å². The average Bonchev–Trinajstić information content (AvgIpc) is 3.67. The van der Waals surface area contributed by atoms with Gasteiger partial charge in [0, 0.05) is 45.7 Å². The summed E-state index contributed by atoms with van der Waals surface area (Å²) in [7, 11) is 3.04. The van der Waals surface area contributed by atoms with Gasteiger partial charge >= 0.3 is 5.97 Å². The van der Waals surface area contributed by atoms with Crippen molar-refractivity contribution in [3.63, 3.8) is 0 Å². The molecule has 1 unspecified atom stereocenters. The number of carboxylic acids is 1. The molecule has 1 aromatic carbocycles. The van der Waals surface area contributed by atoms with Crippen molar-refractivity contribution >= 4 is 28.5 Å². The highest BCUT2D eigenvalue weighted by atomic mass is 19.1. The zero-order valence-corrected chi connectivity index (χ0v) is 21.9. The molecule has 2 fully saturated rings. The van der Waals surface area contributed by atoms with Crippen LogP contribution >= 0.6 is 0 Å². The van der Waals surface area contributed by atoms with Gasteiger partial charge < -0.3 is 24.6 Å². The second kappa shape index (κ2) is 14.9. The molecule has 0 spiro atoms. The standard InChI is InChI=1S/C21H22FN3O4.C3H7NO.2C2H2/c1-29-20-17-14(19(26)15(21(27)28)11-25(17)13-4-5-13)9-16(22)18(20)24-8-6-12(10-24)3-2-7-23;1-3(5)4-2;2*1-2/h9,11-13H,2-6,8,10H2,1H3,(H,27,28);1-2H3,(H,4,5);2*1-2H. The average molecular weight is 525 g/mol. The first-order valence-electron chi connectivity index (χ1n) is 11.9.